The molecule has 1 aromatic rings. The molecule has 0 radical (unpaired) electrons. The molecular weight excluding hydrogens is 194 g/mol. The first-order valence-corrected chi connectivity index (χ1v) is 5.90. The maximum absolute atomic E-state index is 8.64. The van der Waals surface area contributed by atoms with Gasteiger partial charge in [0.25, 0.3) is 0 Å². The average molecular weight is 213 g/mol. The van der Waals surface area contributed by atoms with Crippen LogP contribution in [0, 0.1) is 0 Å². The van der Waals surface area contributed by atoms with Crippen molar-refractivity contribution in [3.63, 3.8) is 0 Å². The van der Waals surface area contributed by atoms with Gasteiger partial charge in [-0.3, -0.25) is 0 Å². The van der Waals surface area contributed by atoms with Gasteiger partial charge in [-0.2, -0.15) is 0 Å². The largest absolute Gasteiger partial charge is 0.396 e. The number of hydrogen-bond acceptors (Lipinski definition) is 3. The predicted octanol–water partition coefficient (Wildman–Crippen LogP) is 2.00. The molecule has 0 fully saturated rings. The van der Waals surface area contributed by atoms with Crippen LogP contribution in [0.2, 0.25) is 0 Å². The number of thiophene rings is 1. The van der Waals surface area contributed by atoms with Crippen LogP contribution in [-0.4, -0.2) is 24.8 Å². The molecule has 0 saturated heterocycles. The third-order valence-corrected chi connectivity index (χ3v) is 3.50. The standard InChI is InChI=1S/C11H19NOS/c1-11(2,9-12-6-4-7-13)10-5-3-8-14-10/h3,5,8,12-13H,4,6-7,9H2,1-2H3. The van der Waals surface area contributed by atoms with Crippen LogP contribution in [0.1, 0.15) is 25.1 Å². The highest BCUT2D eigenvalue weighted by Gasteiger charge is 2.20. The van der Waals surface area contributed by atoms with E-state index < -0.39 is 0 Å². The normalized spacial score (nSPS) is 11.9. The summed E-state index contributed by atoms with van der Waals surface area (Å²) in [4.78, 5) is 1.41. The second-order valence-corrected chi connectivity index (χ2v) is 5.06. The van der Waals surface area contributed by atoms with Crippen molar-refractivity contribution >= 4 is 11.3 Å². The number of hydrogen-bond donors (Lipinski definition) is 2. The molecule has 1 heterocycles. The average Bonchev–Trinajstić information content (AvgIpc) is 2.65. The lowest BCUT2D eigenvalue weighted by atomic mass is 9.91. The Bertz CT molecular complexity index is 244. The van der Waals surface area contributed by atoms with Crippen molar-refractivity contribution in [1.82, 2.24) is 5.32 Å². The lowest BCUT2D eigenvalue weighted by molar-refractivity contribution is 0.284. The number of aliphatic hydroxyl groups excluding tert-OH is 1. The fraction of sp³-hybridized carbons (Fsp3) is 0.636. The third-order valence-electron chi connectivity index (χ3n) is 2.27. The molecule has 80 valence electrons. The predicted molar refractivity (Wildman–Crippen MR) is 61.9 cm³/mol. The SMILES string of the molecule is CC(C)(CNCCCO)c1cccs1. The van der Waals surface area contributed by atoms with E-state index in [9.17, 15) is 0 Å². The van der Waals surface area contributed by atoms with Crippen LogP contribution < -0.4 is 5.32 Å². The number of aliphatic hydroxyl groups is 1. The molecule has 0 unspecified atom stereocenters. The van der Waals surface area contributed by atoms with Crippen LogP contribution >= 0.6 is 11.3 Å². The summed E-state index contributed by atoms with van der Waals surface area (Å²) in [7, 11) is 0. The topological polar surface area (TPSA) is 32.3 Å². The Morgan fingerprint density at radius 2 is 2.29 bits per heavy atom. The van der Waals surface area contributed by atoms with Crippen LogP contribution in [0.3, 0.4) is 0 Å². The van der Waals surface area contributed by atoms with Gasteiger partial charge in [-0.15, -0.1) is 11.3 Å². The van der Waals surface area contributed by atoms with Crippen molar-refractivity contribution in [3.05, 3.63) is 22.4 Å². The second-order valence-electron chi connectivity index (χ2n) is 4.12. The van der Waals surface area contributed by atoms with Crippen molar-refractivity contribution in [2.24, 2.45) is 0 Å². The van der Waals surface area contributed by atoms with Crippen molar-refractivity contribution in [2.75, 3.05) is 19.7 Å². The molecule has 1 aromatic heterocycles. The maximum atomic E-state index is 8.64. The first-order valence-electron chi connectivity index (χ1n) is 5.02. The van der Waals surface area contributed by atoms with Crippen LogP contribution in [0.25, 0.3) is 0 Å². The van der Waals surface area contributed by atoms with Gasteiger partial charge in [0.05, 0.1) is 0 Å². The molecule has 0 atom stereocenters. The Labute approximate surface area is 90.0 Å². The summed E-state index contributed by atoms with van der Waals surface area (Å²) < 4.78 is 0. The zero-order chi connectivity index (χ0) is 10.4. The summed E-state index contributed by atoms with van der Waals surface area (Å²) in [5.74, 6) is 0. The molecule has 0 spiro atoms. The van der Waals surface area contributed by atoms with Crippen LogP contribution in [-0.2, 0) is 5.41 Å². The van der Waals surface area contributed by atoms with Crippen molar-refractivity contribution in [1.29, 1.82) is 0 Å². The minimum atomic E-state index is 0.198. The Hall–Kier alpha value is -0.380. The first-order chi connectivity index (χ1) is 6.67. The summed E-state index contributed by atoms with van der Waals surface area (Å²) in [5, 5.41) is 14.1. The van der Waals surface area contributed by atoms with E-state index in [1.54, 1.807) is 11.3 Å². The molecular formula is C11H19NOS. The summed E-state index contributed by atoms with van der Waals surface area (Å²) >= 11 is 1.80. The quantitative estimate of drug-likeness (QED) is 0.708. The molecule has 0 aliphatic carbocycles. The molecule has 0 aliphatic heterocycles. The monoisotopic (exact) mass is 213 g/mol. The van der Waals surface area contributed by atoms with Crippen LogP contribution in [0.5, 0.6) is 0 Å². The molecule has 2 nitrogen and oxygen atoms in total. The number of nitrogens with one attached hydrogen (secondary N) is 1. The van der Waals surface area contributed by atoms with E-state index in [1.165, 1.54) is 4.88 Å². The van der Waals surface area contributed by atoms with Gasteiger partial charge in [0.2, 0.25) is 0 Å². The van der Waals surface area contributed by atoms with Crippen molar-refractivity contribution in [3.8, 4) is 0 Å². The van der Waals surface area contributed by atoms with Gasteiger partial charge in [0, 0.05) is 23.4 Å². The van der Waals surface area contributed by atoms with Crippen molar-refractivity contribution < 1.29 is 5.11 Å². The molecule has 0 aliphatic rings. The molecule has 14 heavy (non-hydrogen) atoms. The van der Waals surface area contributed by atoms with Gasteiger partial charge in [-0.25, -0.2) is 0 Å². The zero-order valence-corrected chi connectivity index (χ0v) is 9.73. The molecule has 0 amide bonds. The van der Waals surface area contributed by atoms with Crippen LogP contribution in [0.15, 0.2) is 17.5 Å². The number of rotatable bonds is 6. The minimum absolute atomic E-state index is 0.198. The van der Waals surface area contributed by atoms with E-state index in [1.807, 2.05) is 0 Å². The van der Waals surface area contributed by atoms with Crippen LogP contribution in [0.4, 0.5) is 0 Å². The van der Waals surface area contributed by atoms with E-state index in [0.717, 1.165) is 19.5 Å². The third kappa shape index (κ3) is 3.40. The molecule has 2 N–H and O–H groups in total. The minimum Gasteiger partial charge on any atom is -0.396 e. The summed E-state index contributed by atoms with van der Waals surface area (Å²) in [6, 6.07) is 4.27. The Morgan fingerprint density at radius 1 is 1.50 bits per heavy atom. The van der Waals surface area contributed by atoms with E-state index in [-0.39, 0.29) is 12.0 Å². The lowest BCUT2D eigenvalue weighted by Crippen LogP contribution is -2.33. The van der Waals surface area contributed by atoms with E-state index in [0.29, 0.717) is 0 Å². The van der Waals surface area contributed by atoms with E-state index >= 15 is 0 Å². The van der Waals surface area contributed by atoms with Gasteiger partial charge in [0.15, 0.2) is 0 Å². The van der Waals surface area contributed by atoms with E-state index in [4.69, 9.17) is 5.11 Å². The second kappa shape index (κ2) is 5.49. The molecule has 0 aromatic carbocycles. The zero-order valence-electron chi connectivity index (χ0n) is 8.92. The van der Waals surface area contributed by atoms with E-state index in [2.05, 4.69) is 36.7 Å². The first kappa shape index (κ1) is 11.7. The van der Waals surface area contributed by atoms with Gasteiger partial charge in [-0.05, 0) is 24.4 Å². The smallest absolute Gasteiger partial charge is 0.0443 e. The highest BCUT2D eigenvalue weighted by molar-refractivity contribution is 7.10. The summed E-state index contributed by atoms with van der Waals surface area (Å²) in [5.41, 5.74) is 0.198. The maximum Gasteiger partial charge on any atom is 0.0443 e. The Kier molecular flexibility index (Phi) is 4.58. The van der Waals surface area contributed by atoms with Gasteiger partial charge < -0.3 is 10.4 Å². The Balaban J connectivity index is 2.35. The van der Waals surface area contributed by atoms with Gasteiger partial charge >= 0.3 is 0 Å². The van der Waals surface area contributed by atoms with Crippen molar-refractivity contribution in [2.45, 2.75) is 25.7 Å². The van der Waals surface area contributed by atoms with Gasteiger partial charge in [0.1, 0.15) is 0 Å². The molecule has 1 rings (SSSR count). The fourth-order valence-electron chi connectivity index (χ4n) is 1.36. The summed E-state index contributed by atoms with van der Waals surface area (Å²) in [6.45, 7) is 6.61. The molecule has 0 bridgehead atoms. The highest BCUT2D eigenvalue weighted by Crippen LogP contribution is 2.26. The lowest BCUT2D eigenvalue weighted by Gasteiger charge is -2.23. The molecule has 0 saturated carbocycles. The van der Waals surface area contributed by atoms with Gasteiger partial charge in [-0.1, -0.05) is 19.9 Å². The summed E-state index contributed by atoms with van der Waals surface area (Å²) in [6.07, 6.45) is 0.834. The molecule has 3 heteroatoms. The highest BCUT2D eigenvalue weighted by atomic mass is 32.1. The Morgan fingerprint density at radius 3 is 2.86 bits per heavy atom. The fourth-order valence-corrected chi connectivity index (χ4v) is 2.21.